The molecule has 1 saturated heterocycles. The van der Waals surface area contributed by atoms with Gasteiger partial charge in [-0.05, 0) is 24.3 Å². The van der Waals surface area contributed by atoms with E-state index in [1.165, 1.54) is 11.8 Å². The van der Waals surface area contributed by atoms with Crippen molar-refractivity contribution in [3.05, 3.63) is 71.9 Å². The smallest absolute Gasteiger partial charge is 0.175 e. The molecule has 1 aliphatic rings. The molecule has 0 saturated carbocycles. The first-order valence-electron chi connectivity index (χ1n) is 7.13. The fourth-order valence-corrected chi connectivity index (χ4v) is 3.72. The number of thioether (sulfide) groups is 1. The fraction of sp³-hybridized carbons (Fsp3) is 0.176. The molecule has 0 radical (unpaired) electrons. The van der Waals surface area contributed by atoms with Gasteiger partial charge in [0.05, 0.1) is 5.75 Å². The molecular weight excluding hydrogens is 330 g/mol. The van der Waals surface area contributed by atoms with E-state index in [9.17, 15) is 5.11 Å². The van der Waals surface area contributed by atoms with Crippen molar-refractivity contribution in [3.8, 4) is 0 Å². The van der Waals surface area contributed by atoms with Gasteiger partial charge in [0, 0.05) is 23.3 Å². The van der Waals surface area contributed by atoms with Crippen LogP contribution >= 0.6 is 23.4 Å². The molecule has 2 heterocycles. The van der Waals surface area contributed by atoms with Crippen LogP contribution in [0.25, 0.3) is 0 Å². The number of rotatable bonds is 4. The molecule has 0 amide bonds. The number of aromatic nitrogens is 1. The van der Waals surface area contributed by atoms with E-state index in [1.807, 2.05) is 35.2 Å². The molecule has 1 aliphatic heterocycles. The van der Waals surface area contributed by atoms with Crippen LogP contribution in [0.3, 0.4) is 0 Å². The van der Waals surface area contributed by atoms with E-state index in [1.54, 1.807) is 24.4 Å². The maximum absolute atomic E-state index is 11.2. The van der Waals surface area contributed by atoms with Crippen LogP contribution in [-0.4, -0.2) is 32.5 Å². The van der Waals surface area contributed by atoms with E-state index in [4.69, 9.17) is 11.6 Å². The molecule has 0 aliphatic carbocycles. The summed E-state index contributed by atoms with van der Waals surface area (Å²) in [6, 6.07) is 12.8. The van der Waals surface area contributed by atoms with Gasteiger partial charge in [0.25, 0.3) is 0 Å². The van der Waals surface area contributed by atoms with Crippen LogP contribution in [0.1, 0.15) is 5.56 Å². The number of aliphatic imine (C=N–C) groups is 1. The van der Waals surface area contributed by atoms with E-state index in [-0.39, 0.29) is 0 Å². The number of pyridine rings is 1. The lowest BCUT2D eigenvalue weighted by Gasteiger charge is -2.33. The van der Waals surface area contributed by atoms with Crippen molar-refractivity contribution in [3.63, 3.8) is 0 Å². The molecule has 118 valence electrons. The summed E-state index contributed by atoms with van der Waals surface area (Å²) in [6.07, 6.45) is 3.45. The Morgan fingerprint density at radius 3 is 2.78 bits per heavy atom. The second kappa shape index (κ2) is 6.74. The van der Waals surface area contributed by atoms with Crippen molar-refractivity contribution in [1.29, 1.82) is 0 Å². The maximum Gasteiger partial charge on any atom is 0.175 e. The van der Waals surface area contributed by atoms with Crippen molar-refractivity contribution in [1.82, 2.24) is 9.88 Å². The van der Waals surface area contributed by atoms with Gasteiger partial charge in [0.2, 0.25) is 0 Å². The summed E-state index contributed by atoms with van der Waals surface area (Å²) in [5.74, 6) is 1.10. The summed E-state index contributed by atoms with van der Waals surface area (Å²) in [4.78, 5) is 10.6. The van der Waals surface area contributed by atoms with Crippen molar-refractivity contribution >= 4 is 34.3 Å². The highest BCUT2D eigenvalue weighted by Crippen LogP contribution is 2.39. The first-order chi connectivity index (χ1) is 11.1. The highest BCUT2D eigenvalue weighted by atomic mass is 35.5. The third-order valence-electron chi connectivity index (χ3n) is 3.56. The van der Waals surface area contributed by atoms with Gasteiger partial charge in [-0.15, -0.1) is 6.58 Å². The topological polar surface area (TPSA) is 48.7 Å². The molecule has 2 aromatic rings. The van der Waals surface area contributed by atoms with Gasteiger partial charge in [-0.1, -0.05) is 47.6 Å². The molecule has 23 heavy (non-hydrogen) atoms. The highest BCUT2D eigenvalue weighted by Gasteiger charge is 2.44. The zero-order chi connectivity index (χ0) is 16.3. The number of amidine groups is 1. The van der Waals surface area contributed by atoms with Crippen LogP contribution in [0.15, 0.2) is 66.3 Å². The molecule has 3 rings (SSSR count). The Kier molecular flexibility index (Phi) is 4.71. The van der Waals surface area contributed by atoms with Crippen LogP contribution in [0.2, 0.25) is 5.02 Å². The number of aliphatic hydroxyl groups is 1. The molecule has 1 fully saturated rings. The van der Waals surface area contributed by atoms with Gasteiger partial charge >= 0.3 is 0 Å². The van der Waals surface area contributed by atoms with Crippen LogP contribution in [0.5, 0.6) is 0 Å². The predicted molar refractivity (Wildman–Crippen MR) is 96.0 cm³/mol. The van der Waals surface area contributed by atoms with Crippen molar-refractivity contribution < 1.29 is 5.11 Å². The summed E-state index contributed by atoms with van der Waals surface area (Å²) in [5.41, 5.74) is -0.362. The molecule has 6 heteroatoms. The summed E-state index contributed by atoms with van der Waals surface area (Å²) in [7, 11) is 0. The minimum Gasteiger partial charge on any atom is -0.366 e. The quantitative estimate of drug-likeness (QED) is 0.856. The number of halogens is 1. The lowest BCUT2D eigenvalue weighted by molar-refractivity contribution is -0.0422. The summed E-state index contributed by atoms with van der Waals surface area (Å²) < 4.78 is 0. The second-order valence-corrected chi connectivity index (χ2v) is 6.47. The van der Waals surface area contributed by atoms with Gasteiger partial charge in [-0.25, -0.2) is 9.98 Å². The lowest BCUT2D eigenvalue weighted by Crippen LogP contribution is -2.45. The van der Waals surface area contributed by atoms with Gasteiger partial charge in [-0.3, -0.25) is 0 Å². The minimum atomic E-state index is -1.14. The standard InChI is InChI=1S/C17H16ClN3OS/c1-2-11-21-16(20-15-5-3-4-10-19-15)23-12-17(21,22)13-6-8-14(18)9-7-13/h2-10,22H,1,11-12H2/t17-/m1/s1. The van der Waals surface area contributed by atoms with Gasteiger partial charge < -0.3 is 10.0 Å². The number of nitrogens with zero attached hydrogens (tertiary/aromatic N) is 3. The molecule has 1 atom stereocenters. The Balaban J connectivity index is 1.97. The van der Waals surface area contributed by atoms with Gasteiger partial charge in [0.15, 0.2) is 16.7 Å². The number of hydrogen-bond donors (Lipinski definition) is 1. The van der Waals surface area contributed by atoms with E-state index in [0.717, 1.165) is 10.7 Å². The van der Waals surface area contributed by atoms with E-state index in [0.29, 0.717) is 23.1 Å². The Bertz CT molecular complexity index is 720. The van der Waals surface area contributed by atoms with Gasteiger partial charge in [0.1, 0.15) is 0 Å². The van der Waals surface area contributed by atoms with Crippen molar-refractivity contribution in [2.75, 3.05) is 12.3 Å². The second-order valence-electron chi connectivity index (χ2n) is 5.09. The van der Waals surface area contributed by atoms with Crippen LogP contribution in [0.4, 0.5) is 5.82 Å². The Hall–Kier alpha value is -1.82. The Labute approximate surface area is 144 Å². The lowest BCUT2D eigenvalue weighted by atomic mass is 10.0. The number of hydrogen-bond acceptors (Lipinski definition) is 4. The van der Waals surface area contributed by atoms with Gasteiger partial charge in [-0.2, -0.15) is 0 Å². The Morgan fingerprint density at radius 1 is 1.35 bits per heavy atom. The first-order valence-corrected chi connectivity index (χ1v) is 8.49. The molecule has 1 N–H and O–H groups in total. The average molecular weight is 346 g/mol. The molecule has 4 nitrogen and oxygen atoms in total. The first kappa shape index (κ1) is 16.1. The number of benzene rings is 1. The SMILES string of the molecule is C=CCN1C(=Nc2ccccn2)SC[C@@]1(O)c1ccc(Cl)cc1. The molecule has 1 aromatic carbocycles. The summed E-state index contributed by atoms with van der Waals surface area (Å²) in [5, 5.41) is 12.6. The molecule has 0 spiro atoms. The predicted octanol–water partition coefficient (Wildman–Crippen LogP) is 3.80. The van der Waals surface area contributed by atoms with E-state index in [2.05, 4.69) is 16.6 Å². The molecular formula is C17H16ClN3OS. The zero-order valence-electron chi connectivity index (χ0n) is 12.4. The molecule has 1 aromatic heterocycles. The minimum absolute atomic E-state index is 0.480. The summed E-state index contributed by atoms with van der Waals surface area (Å²) in [6.45, 7) is 4.27. The highest BCUT2D eigenvalue weighted by molar-refractivity contribution is 8.14. The van der Waals surface area contributed by atoms with E-state index < -0.39 is 5.72 Å². The van der Waals surface area contributed by atoms with Crippen LogP contribution < -0.4 is 0 Å². The normalized spacial score (nSPS) is 22.5. The van der Waals surface area contributed by atoms with E-state index >= 15 is 0 Å². The largest absolute Gasteiger partial charge is 0.366 e. The van der Waals surface area contributed by atoms with Crippen molar-refractivity contribution in [2.45, 2.75) is 5.72 Å². The fourth-order valence-electron chi connectivity index (χ4n) is 2.40. The third kappa shape index (κ3) is 3.27. The van der Waals surface area contributed by atoms with Crippen LogP contribution in [0, 0.1) is 0 Å². The maximum atomic E-state index is 11.2. The Morgan fingerprint density at radius 2 is 2.13 bits per heavy atom. The third-order valence-corrected chi connectivity index (χ3v) is 4.93. The zero-order valence-corrected chi connectivity index (χ0v) is 14.0. The molecule has 0 bridgehead atoms. The summed E-state index contributed by atoms with van der Waals surface area (Å²) >= 11 is 7.45. The van der Waals surface area contributed by atoms with Crippen LogP contribution in [-0.2, 0) is 5.72 Å². The monoisotopic (exact) mass is 345 g/mol. The molecule has 0 unspecified atom stereocenters. The van der Waals surface area contributed by atoms with Crippen molar-refractivity contribution in [2.24, 2.45) is 4.99 Å². The average Bonchev–Trinajstić information content (AvgIpc) is 2.87.